The third-order valence-electron chi connectivity index (χ3n) is 5.26. The smallest absolute Gasteiger partial charge is 0.243 e. The van der Waals surface area contributed by atoms with Crippen LogP contribution in [-0.4, -0.2) is 34.8 Å². The molecule has 2 aromatic carbocycles. The molecule has 0 radical (unpaired) electrons. The Hall–Kier alpha value is -3.67. The molecule has 1 heterocycles. The van der Waals surface area contributed by atoms with Crippen molar-refractivity contribution in [3.05, 3.63) is 95.8 Å². The molecule has 1 atom stereocenters. The van der Waals surface area contributed by atoms with E-state index in [-0.39, 0.29) is 11.8 Å². The highest BCUT2D eigenvalue weighted by Gasteiger charge is 2.29. The van der Waals surface area contributed by atoms with Gasteiger partial charge in [0.25, 0.3) is 0 Å². The Labute approximate surface area is 189 Å². The van der Waals surface area contributed by atoms with Crippen LogP contribution >= 0.6 is 0 Å². The molecule has 0 fully saturated rings. The molecule has 3 aromatic rings. The number of carbonyl (C=O) groups is 2. The van der Waals surface area contributed by atoms with E-state index in [1.165, 1.54) is 0 Å². The fraction of sp³-hybridized carbons (Fsp3) is 0.269. The summed E-state index contributed by atoms with van der Waals surface area (Å²) in [5, 5.41) is 2.97. The quantitative estimate of drug-likeness (QED) is 0.531. The molecule has 166 valence electrons. The van der Waals surface area contributed by atoms with Crippen molar-refractivity contribution in [2.45, 2.75) is 38.9 Å². The van der Waals surface area contributed by atoms with Gasteiger partial charge in [-0.05, 0) is 35.4 Å². The molecule has 0 bridgehead atoms. The first kappa shape index (κ1) is 23.0. The number of aromatic nitrogens is 1. The zero-order chi connectivity index (χ0) is 22.8. The Kier molecular flexibility index (Phi) is 8.37. The van der Waals surface area contributed by atoms with E-state index in [9.17, 15) is 9.59 Å². The predicted octanol–water partition coefficient (Wildman–Crippen LogP) is 3.76. The van der Waals surface area contributed by atoms with Gasteiger partial charge in [-0.3, -0.25) is 14.6 Å². The summed E-state index contributed by atoms with van der Waals surface area (Å²) in [6.07, 6.45) is 2.44. The highest BCUT2D eigenvalue weighted by atomic mass is 16.5. The lowest BCUT2D eigenvalue weighted by Gasteiger charge is -2.31. The zero-order valence-corrected chi connectivity index (χ0v) is 18.5. The number of nitrogens with one attached hydrogen (secondary N) is 1. The Bertz CT molecular complexity index is 992. The third kappa shape index (κ3) is 6.41. The van der Waals surface area contributed by atoms with Crippen molar-refractivity contribution >= 4 is 11.8 Å². The molecule has 1 aromatic heterocycles. The Balaban J connectivity index is 1.85. The maximum Gasteiger partial charge on any atom is 0.243 e. The Morgan fingerprint density at radius 2 is 1.69 bits per heavy atom. The maximum absolute atomic E-state index is 13.3. The normalized spacial score (nSPS) is 11.4. The number of hydrogen-bond donors (Lipinski definition) is 1. The number of hydrogen-bond acceptors (Lipinski definition) is 4. The molecule has 6 nitrogen and oxygen atoms in total. The van der Waals surface area contributed by atoms with Crippen molar-refractivity contribution < 1.29 is 14.3 Å². The molecule has 0 aliphatic carbocycles. The molecule has 0 aliphatic heterocycles. The average molecular weight is 432 g/mol. The summed E-state index contributed by atoms with van der Waals surface area (Å²) in [6.45, 7) is 2.46. The summed E-state index contributed by atoms with van der Waals surface area (Å²) < 4.78 is 5.23. The van der Waals surface area contributed by atoms with E-state index >= 15 is 0 Å². The van der Waals surface area contributed by atoms with Crippen molar-refractivity contribution in [2.75, 3.05) is 7.11 Å². The summed E-state index contributed by atoms with van der Waals surface area (Å²) in [4.78, 5) is 32.2. The summed E-state index contributed by atoms with van der Waals surface area (Å²) in [7, 11) is 1.61. The van der Waals surface area contributed by atoms with Crippen LogP contribution in [0.5, 0.6) is 5.75 Å². The van der Waals surface area contributed by atoms with Crippen molar-refractivity contribution in [3.63, 3.8) is 0 Å². The second-order valence-electron chi connectivity index (χ2n) is 7.47. The van der Waals surface area contributed by atoms with E-state index in [2.05, 4.69) is 10.3 Å². The van der Waals surface area contributed by atoms with Gasteiger partial charge in [0.05, 0.1) is 19.3 Å². The number of rotatable bonds is 10. The highest BCUT2D eigenvalue weighted by molar-refractivity contribution is 5.87. The third-order valence-corrected chi connectivity index (χ3v) is 5.26. The second-order valence-corrected chi connectivity index (χ2v) is 7.47. The highest BCUT2D eigenvalue weighted by Crippen LogP contribution is 2.18. The maximum atomic E-state index is 13.3. The van der Waals surface area contributed by atoms with Crippen LogP contribution in [0.3, 0.4) is 0 Å². The van der Waals surface area contributed by atoms with E-state index < -0.39 is 6.04 Å². The van der Waals surface area contributed by atoms with Gasteiger partial charge in [-0.15, -0.1) is 0 Å². The van der Waals surface area contributed by atoms with Crippen LogP contribution in [0.1, 0.15) is 30.2 Å². The van der Waals surface area contributed by atoms with Gasteiger partial charge in [0, 0.05) is 25.6 Å². The number of benzene rings is 2. The van der Waals surface area contributed by atoms with Crippen LogP contribution in [0, 0.1) is 0 Å². The van der Waals surface area contributed by atoms with Gasteiger partial charge in [-0.2, -0.15) is 0 Å². The van der Waals surface area contributed by atoms with Crippen LogP contribution < -0.4 is 10.1 Å². The molecule has 1 N–H and O–H groups in total. The topological polar surface area (TPSA) is 71.5 Å². The van der Waals surface area contributed by atoms with Crippen molar-refractivity contribution in [1.29, 1.82) is 0 Å². The minimum atomic E-state index is -0.643. The van der Waals surface area contributed by atoms with Gasteiger partial charge in [0.1, 0.15) is 11.8 Å². The first-order valence-corrected chi connectivity index (χ1v) is 10.7. The zero-order valence-electron chi connectivity index (χ0n) is 18.5. The van der Waals surface area contributed by atoms with Gasteiger partial charge in [-0.1, -0.05) is 55.5 Å². The number of ether oxygens (including phenoxy) is 1. The van der Waals surface area contributed by atoms with Gasteiger partial charge < -0.3 is 15.0 Å². The van der Waals surface area contributed by atoms with Crippen LogP contribution in [0.2, 0.25) is 0 Å². The van der Waals surface area contributed by atoms with Gasteiger partial charge in [-0.25, -0.2) is 0 Å². The molecule has 6 heteroatoms. The monoisotopic (exact) mass is 431 g/mol. The molecule has 32 heavy (non-hydrogen) atoms. The minimum Gasteiger partial charge on any atom is -0.497 e. The molecule has 0 aliphatic rings. The van der Waals surface area contributed by atoms with E-state index in [4.69, 9.17) is 4.74 Å². The van der Waals surface area contributed by atoms with E-state index in [0.717, 1.165) is 22.6 Å². The lowest BCUT2D eigenvalue weighted by molar-refractivity contribution is -0.141. The Morgan fingerprint density at radius 3 is 2.31 bits per heavy atom. The fourth-order valence-electron chi connectivity index (χ4n) is 3.48. The van der Waals surface area contributed by atoms with Gasteiger partial charge >= 0.3 is 0 Å². The summed E-state index contributed by atoms with van der Waals surface area (Å²) in [5.41, 5.74) is 2.69. The standard InChI is InChI=1S/C26H29N3O3/c1-3-25(30)29(19-21-12-14-23(32-2)15-13-21)24(17-20-9-5-4-6-10-20)26(31)28-18-22-11-7-8-16-27-22/h4-16,24H,3,17-19H2,1-2H3,(H,28,31)/t24-/m0/s1. The molecule has 0 saturated heterocycles. The summed E-state index contributed by atoms with van der Waals surface area (Å²) in [5.74, 6) is 0.473. The molecular weight excluding hydrogens is 402 g/mol. The van der Waals surface area contributed by atoms with Crippen LogP contribution in [0.4, 0.5) is 0 Å². The Morgan fingerprint density at radius 1 is 0.969 bits per heavy atom. The molecule has 0 unspecified atom stereocenters. The molecule has 0 spiro atoms. The second kappa shape index (κ2) is 11.6. The van der Waals surface area contributed by atoms with Crippen LogP contribution in [-0.2, 0) is 29.1 Å². The van der Waals surface area contributed by atoms with E-state index in [0.29, 0.717) is 25.9 Å². The van der Waals surface area contributed by atoms with E-state index in [1.54, 1.807) is 18.2 Å². The number of nitrogens with zero attached hydrogens (tertiary/aromatic N) is 2. The van der Waals surface area contributed by atoms with Crippen LogP contribution in [0.15, 0.2) is 79.0 Å². The molecular formula is C26H29N3O3. The number of methoxy groups -OCH3 is 1. The number of pyridine rings is 1. The van der Waals surface area contributed by atoms with Crippen LogP contribution in [0.25, 0.3) is 0 Å². The molecule has 0 saturated carbocycles. The SMILES string of the molecule is CCC(=O)N(Cc1ccc(OC)cc1)[C@@H](Cc1ccccc1)C(=O)NCc1ccccn1. The summed E-state index contributed by atoms with van der Waals surface area (Å²) >= 11 is 0. The number of carbonyl (C=O) groups excluding carboxylic acids is 2. The van der Waals surface area contributed by atoms with Crippen molar-refractivity contribution in [2.24, 2.45) is 0 Å². The largest absolute Gasteiger partial charge is 0.497 e. The fourth-order valence-corrected chi connectivity index (χ4v) is 3.48. The first-order valence-electron chi connectivity index (χ1n) is 10.7. The minimum absolute atomic E-state index is 0.0743. The van der Waals surface area contributed by atoms with Gasteiger partial charge in [0.15, 0.2) is 0 Å². The van der Waals surface area contributed by atoms with Crippen molar-refractivity contribution in [1.82, 2.24) is 15.2 Å². The van der Waals surface area contributed by atoms with Crippen molar-refractivity contribution in [3.8, 4) is 5.75 Å². The lowest BCUT2D eigenvalue weighted by Crippen LogP contribution is -2.50. The number of amides is 2. The summed E-state index contributed by atoms with van der Waals surface area (Å²) in [6, 6.07) is 22.2. The predicted molar refractivity (Wildman–Crippen MR) is 124 cm³/mol. The molecule has 2 amide bonds. The first-order chi connectivity index (χ1) is 15.6. The molecule has 3 rings (SSSR count). The van der Waals surface area contributed by atoms with Gasteiger partial charge in [0.2, 0.25) is 11.8 Å². The van der Waals surface area contributed by atoms with E-state index in [1.807, 2.05) is 79.7 Å². The lowest BCUT2D eigenvalue weighted by atomic mass is 10.0. The average Bonchev–Trinajstić information content (AvgIpc) is 2.85.